The van der Waals surface area contributed by atoms with Crippen molar-refractivity contribution < 1.29 is 14.4 Å². The summed E-state index contributed by atoms with van der Waals surface area (Å²) in [6.45, 7) is 2.34. The van der Waals surface area contributed by atoms with E-state index in [4.69, 9.17) is 11.6 Å². The molecule has 0 radical (unpaired) electrons. The summed E-state index contributed by atoms with van der Waals surface area (Å²) in [6, 6.07) is 14.1. The van der Waals surface area contributed by atoms with Crippen molar-refractivity contribution in [2.45, 2.75) is 19.8 Å². The summed E-state index contributed by atoms with van der Waals surface area (Å²) in [5, 5.41) is 0.431. The molecule has 0 saturated carbocycles. The van der Waals surface area contributed by atoms with Crippen molar-refractivity contribution in [2.75, 3.05) is 11.4 Å². The third-order valence-corrected chi connectivity index (χ3v) is 4.77. The molecule has 1 heterocycles. The standard InChI is InChI=1S/C20H20ClN3O3/c1-2-13-6-8-17(9-7-13)24-12-15(11-18(24)25)20(27)23-22-19(26)14-4-3-5-16(21)10-14/h3-10,15H,2,11-12H2,1H3,(H,22,26)(H,23,27)/t15-/m1/s1. The fourth-order valence-electron chi connectivity index (χ4n) is 2.97. The van der Waals surface area contributed by atoms with E-state index >= 15 is 0 Å². The van der Waals surface area contributed by atoms with Crippen LogP contribution >= 0.6 is 11.6 Å². The van der Waals surface area contributed by atoms with Crippen LogP contribution in [-0.2, 0) is 16.0 Å². The van der Waals surface area contributed by atoms with E-state index in [0.717, 1.165) is 12.1 Å². The van der Waals surface area contributed by atoms with Gasteiger partial charge in [-0.1, -0.05) is 36.7 Å². The van der Waals surface area contributed by atoms with Gasteiger partial charge in [0, 0.05) is 29.2 Å². The third kappa shape index (κ3) is 4.46. The van der Waals surface area contributed by atoms with Crippen LogP contribution < -0.4 is 15.8 Å². The molecule has 1 saturated heterocycles. The van der Waals surface area contributed by atoms with Crippen LogP contribution in [0.5, 0.6) is 0 Å². The minimum absolute atomic E-state index is 0.106. The van der Waals surface area contributed by atoms with E-state index in [1.165, 1.54) is 11.6 Å². The van der Waals surface area contributed by atoms with Gasteiger partial charge in [-0.2, -0.15) is 0 Å². The van der Waals surface area contributed by atoms with Gasteiger partial charge in [-0.25, -0.2) is 0 Å². The fourth-order valence-corrected chi connectivity index (χ4v) is 3.16. The van der Waals surface area contributed by atoms with Crippen molar-refractivity contribution in [1.82, 2.24) is 10.9 Å². The molecule has 0 aliphatic carbocycles. The Bertz CT molecular complexity index is 867. The van der Waals surface area contributed by atoms with Gasteiger partial charge in [-0.05, 0) is 42.3 Å². The molecule has 3 amide bonds. The van der Waals surface area contributed by atoms with Crippen LogP contribution in [0.1, 0.15) is 29.3 Å². The number of halogens is 1. The lowest BCUT2D eigenvalue weighted by Crippen LogP contribution is -2.45. The number of carbonyl (C=O) groups is 3. The molecule has 140 valence electrons. The first-order valence-corrected chi connectivity index (χ1v) is 9.10. The Morgan fingerprint density at radius 1 is 1.15 bits per heavy atom. The van der Waals surface area contributed by atoms with Gasteiger partial charge in [-0.3, -0.25) is 25.2 Å². The van der Waals surface area contributed by atoms with Gasteiger partial charge in [0.05, 0.1) is 5.92 Å². The van der Waals surface area contributed by atoms with Crippen molar-refractivity contribution in [3.05, 3.63) is 64.7 Å². The second kappa shape index (κ2) is 8.22. The van der Waals surface area contributed by atoms with Crippen LogP contribution in [0.4, 0.5) is 5.69 Å². The molecule has 2 aromatic rings. The molecule has 7 heteroatoms. The molecule has 6 nitrogen and oxygen atoms in total. The SMILES string of the molecule is CCc1ccc(N2C[C@H](C(=O)NNC(=O)c3cccc(Cl)c3)CC2=O)cc1. The largest absolute Gasteiger partial charge is 0.312 e. The second-order valence-corrected chi connectivity index (χ2v) is 6.82. The smallest absolute Gasteiger partial charge is 0.269 e. The number of aryl methyl sites for hydroxylation is 1. The topological polar surface area (TPSA) is 78.5 Å². The van der Waals surface area contributed by atoms with Gasteiger partial charge in [0.2, 0.25) is 11.8 Å². The zero-order valence-electron chi connectivity index (χ0n) is 14.9. The van der Waals surface area contributed by atoms with E-state index in [9.17, 15) is 14.4 Å². The number of benzene rings is 2. The average molecular weight is 386 g/mol. The number of hydrazine groups is 1. The molecule has 0 bridgehead atoms. The normalized spacial score (nSPS) is 16.3. The number of amides is 3. The van der Waals surface area contributed by atoms with E-state index < -0.39 is 17.7 Å². The van der Waals surface area contributed by atoms with E-state index in [1.807, 2.05) is 24.3 Å². The highest BCUT2D eigenvalue weighted by Gasteiger charge is 2.35. The monoisotopic (exact) mass is 385 g/mol. The first-order valence-electron chi connectivity index (χ1n) is 8.73. The lowest BCUT2D eigenvalue weighted by Gasteiger charge is -2.17. The number of hydrogen-bond donors (Lipinski definition) is 2. The van der Waals surface area contributed by atoms with E-state index in [0.29, 0.717) is 10.6 Å². The van der Waals surface area contributed by atoms with Gasteiger partial charge in [0.1, 0.15) is 0 Å². The molecule has 1 aliphatic heterocycles. The molecule has 0 unspecified atom stereocenters. The molecule has 2 aromatic carbocycles. The highest BCUT2D eigenvalue weighted by Crippen LogP contribution is 2.25. The van der Waals surface area contributed by atoms with Crippen LogP contribution in [0.3, 0.4) is 0 Å². The highest BCUT2D eigenvalue weighted by molar-refractivity contribution is 6.30. The van der Waals surface area contributed by atoms with Gasteiger partial charge in [-0.15, -0.1) is 0 Å². The van der Waals surface area contributed by atoms with Crippen molar-refractivity contribution in [2.24, 2.45) is 5.92 Å². The van der Waals surface area contributed by atoms with Crippen molar-refractivity contribution in [3.63, 3.8) is 0 Å². The summed E-state index contributed by atoms with van der Waals surface area (Å²) in [5.41, 5.74) is 7.05. The Kier molecular flexibility index (Phi) is 5.76. The molecule has 1 atom stereocenters. The first kappa shape index (κ1) is 18.9. The molecular weight excluding hydrogens is 366 g/mol. The van der Waals surface area contributed by atoms with Gasteiger partial charge in [0.25, 0.3) is 5.91 Å². The minimum atomic E-state index is -0.525. The zero-order valence-corrected chi connectivity index (χ0v) is 15.6. The molecule has 1 fully saturated rings. The average Bonchev–Trinajstić information content (AvgIpc) is 3.07. The van der Waals surface area contributed by atoms with Gasteiger partial charge in [0.15, 0.2) is 0 Å². The number of carbonyl (C=O) groups excluding carboxylic acids is 3. The summed E-state index contributed by atoms with van der Waals surface area (Å²) in [4.78, 5) is 38.3. The molecular formula is C20H20ClN3O3. The minimum Gasteiger partial charge on any atom is -0.312 e. The summed E-state index contributed by atoms with van der Waals surface area (Å²) < 4.78 is 0. The van der Waals surface area contributed by atoms with Gasteiger partial charge < -0.3 is 4.90 Å². The maximum Gasteiger partial charge on any atom is 0.269 e. The number of anilines is 1. The summed E-state index contributed by atoms with van der Waals surface area (Å²) in [5.74, 6) is -1.50. The Labute approximate surface area is 162 Å². The summed E-state index contributed by atoms with van der Waals surface area (Å²) >= 11 is 5.85. The maximum absolute atomic E-state index is 12.3. The third-order valence-electron chi connectivity index (χ3n) is 4.54. The molecule has 1 aliphatic rings. The molecule has 27 heavy (non-hydrogen) atoms. The molecule has 2 N–H and O–H groups in total. The Morgan fingerprint density at radius 2 is 1.89 bits per heavy atom. The predicted octanol–water partition coefficient (Wildman–Crippen LogP) is 2.72. The quantitative estimate of drug-likeness (QED) is 0.794. The van der Waals surface area contributed by atoms with E-state index in [-0.39, 0.29) is 18.9 Å². The summed E-state index contributed by atoms with van der Waals surface area (Å²) in [7, 11) is 0. The Balaban J connectivity index is 1.57. The zero-order chi connectivity index (χ0) is 19.4. The van der Waals surface area contributed by atoms with Crippen LogP contribution in [0, 0.1) is 5.92 Å². The van der Waals surface area contributed by atoms with Crippen LogP contribution in [0.25, 0.3) is 0 Å². The number of nitrogens with one attached hydrogen (secondary N) is 2. The number of hydrogen-bond acceptors (Lipinski definition) is 3. The van der Waals surface area contributed by atoms with Crippen LogP contribution in [0.15, 0.2) is 48.5 Å². The first-order chi connectivity index (χ1) is 13.0. The molecule has 0 spiro atoms. The van der Waals surface area contributed by atoms with Crippen LogP contribution in [0.2, 0.25) is 5.02 Å². The van der Waals surface area contributed by atoms with Crippen molar-refractivity contribution in [3.8, 4) is 0 Å². The molecule has 0 aromatic heterocycles. The predicted molar refractivity (Wildman–Crippen MR) is 103 cm³/mol. The number of rotatable bonds is 4. The number of nitrogens with zero attached hydrogens (tertiary/aromatic N) is 1. The fraction of sp³-hybridized carbons (Fsp3) is 0.250. The van der Waals surface area contributed by atoms with Crippen molar-refractivity contribution in [1.29, 1.82) is 0 Å². The van der Waals surface area contributed by atoms with E-state index in [2.05, 4.69) is 17.8 Å². The Morgan fingerprint density at radius 3 is 2.56 bits per heavy atom. The maximum atomic E-state index is 12.3. The van der Waals surface area contributed by atoms with Gasteiger partial charge >= 0.3 is 0 Å². The summed E-state index contributed by atoms with van der Waals surface area (Å²) in [6.07, 6.45) is 1.03. The van der Waals surface area contributed by atoms with E-state index in [1.54, 1.807) is 23.1 Å². The van der Waals surface area contributed by atoms with Crippen molar-refractivity contribution >= 4 is 35.0 Å². The van der Waals surface area contributed by atoms with Crippen LogP contribution in [-0.4, -0.2) is 24.3 Å². The second-order valence-electron chi connectivity index (χ2n) is 6.38. The molecule has 3 rings (SSSR count). The lowest BCUT2D eigenvalue weighted by atomic mass is 10.1. The highest BCUT2D eigenvalue weighted by atomic mass is 35.5. The Hall–Kier alpha value is -2.86. The lowest BCUT2D eigenvalue weighted by molar-refractivity contribution is -0.126.